The van der Waals surface area contributed by atoms with Gasteiger partial charge in [0.2, 0.25) is 0 Å². The van der Waals surface area contributed by atoms with Gasteiger partial charge in [-0.05, 0) is 41.6 Å². The summed E-state index contributed by atoms with van der Waals surface area (Å²) >= 11 is 7.24. The molecule has 0 aromatic carbocycles. The van der Waals surface area contributed by atoms with E-state index >= 15 is 0 Å². The third kappa shape index (κ3) is 9.73. The molecule has 5 aromatic rings. The predicted octanol–water partition coefficient (Wildman–Crippen LogP) is 11.3. The van der Waals surface area contributed by atoms with Crippen molar-refractivity contribution < 1.29 is 33.7 Å². The van der Waals surface area contributed by atoms with E-state index in [2.05, 4.69) is 6.92 Å². The maximum absolute atomic E-state index is 13.7. The Morgan fingerprint density at radius 2 is 1.27 bits per heavy atom. The first-order valence-electron chi connectivity index (χ1n) is 14.6. The zero-order valence-electron chi connectivity index (χ0n) is 25.2. The molecule has 0 amide bonds. The minimum Gasteiger partial charge on any atom is -0.491 e. The lowest BCUT2D eigenvalue weighted by Gasteiger charge is -2.18. The lowest BCUT2D eigenvalue weighted by molar-refractivity contribution is -0.138. The number of aliphatic carboxylic acids is 2. The van der Waals surface area contributed by atoms with Crippen molar-refractivity contribution in [2.24, 2.45) is 5.92 Å². The zero-order valence-corrected chi connectivity index (χ0v) is 29.3. The molecular formula is C33H35FO6S5. The molecule has 0 bridgehead atoms. The molecule has 1 aliphatic carbocycles. The van der Waals surface area contributed by atoms with E-state index in [0.717, 1.165) is 56.3 Å². The van der Waals surface area contributed by atoms with Gasteiger partial charge in [-0.1, -0.05) is 46.1 Å². The third-order valence-electron chi connectivity index (χ3n) is 6.57. The highest BCUT2D eigenvalue weighted by Gasteiger charge is 2.21. The Hall–Kier alpha value is -3.03. The molecule has 1 saturated carbocycles. The quantitative estimate of drug-likeness (QED) is 0.134. The Kier molecular flexibility index (Phi) is 13.2. The average Bonchev–Trinajstić information content (AvgIpc) is 3.82. The summed E-state index contributed by atoms with van der Waals surface area (Å²) in [4.78, 5) is 29.4. The molecule has 12 heteroatoms. The number of carboxylic acid groups (broad SMARTS) is 2. The summed E-state index contributed by atoms with van der Waals surface area (Å²) in [6.45, 7) is 6.39. The predicted molar refractivity (Wildman–Crippen MR) is 187 cm³/mol. The SMILES string of the molecule is CC.CC1CCC1.O=C(O)CCOc1cc(-c2cccs2)sc1-c1ccc(-c2sc(-c3ccc(F)s3)cc2OCCC(=O)O)s1. The van der Waals surface area contributed by atoms with Gasteiger partial charge < -0.3 is 19.7 Å². The fourth-order valence-corrected chi connectivity index (χ4v) is 9.18. The molecule has 5 heterocycles. The number of thiophene rings is 5. The van der Waals surface area contributed by atoms with Crippen LogP contribution in [0.15, 0.2) is 53.9 Å². The number of hydrogen-bond acceptors (Lipinski definition) is 9. The Labute approximate surface area is 282 Å². The fraction of sp³-hybridized carbons (Fsp3) is 0.333. The van der Waals surface area contributed by atoms with Crippen molar-refractivity contribution in [1.29, 1.82) is 0 Å². The number of carboxylic acids is 2. The lowest BCUT2D eigenvalue weighted by atomic mass is 9.88. The highest BCUT2D eigenvalue weighted by molar-refractivity contribution is 7.29. The molecule has 45 heavy (non-hydrogen) atoms. The zero-order chi connectivity index (χ0) is 32.3. The Morgan fingerprint density at radius 1 is 0.756 bits per heavy atom. The number of rotatable bonds is 12. The van der Waals surface area contributed by atoms with Gasteiger partial charge in [0.1, 0.15) is 11.5 Å². The van der Waals surface area contributed by atoms with Crippen LogP contribution < -0.4 is 9.47 Å². The molecule has 0 spiro atoms. The van der Waals surface area contributed by atoms with Gasteiger partial charge in [-0.3, -0.25) is 9.59 Å². The van der Waals surface area contributed by atoms with Crippen LogP contribution in [0.4, 0.5) is 4.39 Å². The number of carbonyl (C=O) groups is 2. The minimum absolute atomic E-state index is 0.0200. The van der Waals surface area contributed by atoms with Crippen molar-refractivity contribution in [2.75, 3.05) is 13.2 Å². The molecule has 2 N–H and O–H groups in total. The molecule has 5 aromatic heterocycles. The molecule has 0 radical (unpaired) electrons. The first-order chi connectivity index (χ1) is 21.8. The Morgan fingerprint density at radius 3 is 1.67 bits per heavy atom. The topological polar surface area (TPSA) is 93.1 Å². The van der Waals surface area contributed by atoms with Crippen LogP contribution in [0.2, 0.25) is 0 Å². The van der Waals surface area contributed by atoms with Crippen LogP contribution in [0.5, 0.6) is 11.5 Å². The van der Waals surface area contributed by atoms with Gasteiger partial charge in [0.15, 0.2) is 5.13 Å². The highest BCUT2D eigenvalue weighted by atomic mass is 32.1. The van der Waals surface area contributed by atoms with Gasteiger partial charge >= 0.3 is 11.9 Å². The van der Waals surface area contributed by atoms with Gasteiger partial charge in [-0.25, -0.2) is 0 Å². The van der Waals surface area contributed by atoms with Crippen LogP contribution in [0.25, 0.3) is 39.0 Å². The standard InChI is InChI=1S/C26H19FO6S5.C5H10.C2H6/c27-22-6-5-17(36-22)21-13-15(33-10-8-24(30)31)26(38-21)19-4-3-18(35-19)25-14(32-9-7-23(28)29)12-20(37-25)16-2-1-11-34-16;1-5-3-2-4-5;1-2/h1-6,11-13H,7-10H2,(H,28,29)(H,30,31);5H,2-4H2,1H3;1-2H3. The van der Waals surface area contributed by atoms with E-state index in [9.17, 15) is 14.0 Å². The Balaban J connectivity index is 0.000000590. The maximum atomic E-state index is 13.7. The average molecular weight is 707 g/mol. The molecule has 0 atom stereocenters. The second kappa shape index (κ2) is 17.0. The molecule has 1 fully saturated rings. The second-order valence-electron chi connectivity index (χ2n) is 9.87. The summed E-state index contributed by atoms with van der Waals surface area (Å²) in [6, 6.07) is 14.9. The number of halogens is 1. The van der Waals surface area contributed by atoms with Crippen LogP contribution in [0.1, 0.15) is 52.9 Å². The monoisotopic (exact) mass is 706 g/mol. The smallest absolute Gasteiger partial charge is 0.306 e. The summed E-state index contributed by atoms with van der Waals surface area (Å²) in [6.07, 6.45) is 4.23. The van der Waals surface area contributed by atoms with E-state index in [1.165, 1.54) is 48.0 Å². The van der Waals surface area contributed by atoms with E-state index in [1.54, 1.807) is 28.7 Å². The van der Waals surface area contributed by atoms with Crippen LogP contribution >= 0.6 is 56.7 Å². The summed E-state index contributed by atoms with van der Waals surface area (Å²) in [5.41, 5.74) is 0. The van der Waals surface area contributed by atoms with Crippen molar-refractivity contribution in [3.63, 3.8) is 0 Å². The van der Waals surface area contributed by atoms with E-state index in [4.69, 9.17) is 19.7 Å². The number of hydrogen-bond donors (Lipinski definition) is 2. The largest absolute Gasteiger partial charge is 0.491 e. The lowest BCUT2D eigenvalue weighted by Crippen LogP contribution is -2.04. The molecule has 0 unspecified atom stereocenters. The summed E-state index contributed by atoms with van der Waals surface area (Å²) in [5, 5.41) is 19.8. The summed E-state index contributed by atoms with van der Waals surface area (Å²) in [5.74, 6) is 0.377. The third-order valence-corrected chi connectivity index (χ3v) is 12.4. The summed E-state index contributed by atoms with van der Waals surface area (Å²) in [7, 11) is 0. The van der Waals surface area contributed by atoms with Crippen molar-refractivity contribution >= 4 is 68.6 Å². The molecular weight excluding hydrogens is 672 g/mol. The van der Waals surface area contributed by atoms with Gasteiger partial charge in [-0.15, -0.1) is 56.7 Å². The fourth-order valence-electron chi connectivity index (χ4n) is 4.11. The number of ether oxygens (including phenoxy) is 2. The van der Waals surface area contributed by atoms with Crippen molar-refractivity contribution in [2.45, 2.75) is 52.9 Å². The van der Waals surface area contributed by atoms with Crippen molar-refractivity contribution in [3.05, 3.63) is 59.0 Å². The molecule has 1 aliphatic rings. The van der Waals surface area contributed by atoms with Gasteiger partial charge in [-0.2, -0.15) is 4.39 Å². The van der Waals surface area contributed by atoms with Gasteiger partial charge in [0.05, 0.1) is 35.8 Å². The second-order valence-corrected chi connectivity index (χ2v) is 15.0. The maximum Gasteiger partial charge on any atom is 0.306 e. The van der Waals surface area contributed by atoms with E-state index < -0.39 is 11.9 Å². The Bertz CT molecular complexity index is 1660. The highest BCUT2D eigenvalue weighted by Crippen LogP contribution is 2.51. The van der Waals surface area contributed by atoms with Crippen LogP contribution in [-0.2, 0) is 9.59 Å². The van der Waals surface area contributed by atoms with E-state index in [0.29, 0.717) is 11.5 Å². The normalized spacial score (nSPS) is 12.4. The van der Waals surface area contributed by atoms with Crippen LogP contribution in [0.3, 0.4) is 0 Å². The van der Waals surface area contributed by atoms with Crippen molar-refractivity contribution in [3.8, 4) is 50.5 Å². The summed E-state index contributed by atoms with van der Waals surface area (Å²) < 4.78 is 25.4. The minimum atomic E-state index is -0.949. The van der Waals surface area contributed by atoms with E-state index in [-0.39, 0.29) is 31.2 Å². The molecule has 0 aliphatic heterocycles. The first-order valence-corrected chi connectivity index (χ1v) is 18.8. The van der Waals surface area contributed by atoms with Gasteiger partial charge in [0.25, 0.3) is 0 Å². The molecule has 6 rings (SSSR count). The first kappa shape index (κ1) is 34.8. The van der Waals surface area contributed by atoms with Crippen molar-refractivity contribution in [1.82, 2.24) is 0 Å². The molecule has 0 saturated heterocycles. The van der Waals surface area contributed by atoms with E-state index in [1.807, 2.05) is 55.6 Å². The molecule has 240 valence electrons. The van der Waals surface area contributed by atoms with Crippen LogP contribution in [0, 0.1) is 11.0 Å². The van der Waals surface area contributed by atoms with Gasteiger partial charge in [0, 0.05) is 41.4 Å². The van der Waals surface area contributed by atoms with Crippen LogP contribution in [-0.4, -0.2) is 35.4 Å². The molecule has 6 nitrogen and oxygen atoms in total.